The number of alkyl halides is 1. The molecule has 0 aromatic heterocycles. The van der Waals surface area contributed by atoms with Crippen molar-refractivity contribution in [3.05, 3.63) is 0 Å². The van der Waals surface area contributed by atoms with Crippen LogP contribution in [0.25, 0.3) is 0 Å². The maximum Gasteiger partial charge on any atom is 0.111 e. The van der Waals surface area contributed by atoms with E-state index >= 15 is 0 Å². The summed E-state index contributed by atoms with van der Waals surface area (Å²) in [6.07, 6.45) is -5.94. The molecule has 0 aromatic rings. The van der Waals surface area contributed by atoms with Crippen molar-refractivity contribution >= 4 is 11.6 Å². The van der Waals surface area contributed by atoms with Gasteiger partial charge in [-0.3, -0.25) is 0 Å². The van der Waals surface area contributed by atoms with Crippen LogP contribution in [0.3, 0.4) is 0 Å². The molecule has 0 bridgehead atoms. The summed E-state index contributed by atoms with van der Waals surface area (Å²) in [5.41, 5.74) is 0. The maximum absolute atomic E-state index is 9.03. The highest BCUT2D eigenvalue weighted by molar-refractivity contribution is 6.18. The summed E-state index contributed by atoms with van der Waals surface area (Å²) in [6, 6.07) is 0. The SMILES string of the molecule is OC[C@H](O)[C@@H](O)[C@H](O)[C@H](O)CCl. The van der Waals surface area contributed by atoms with Crippen LogP contribution in [0.4, 0.5) is 0 Å². The second-order valence-electron chi connectivity index (χ2n) is 2.45. The molecule has 0 amide bonds. The van der Waals surface area contributed by atoms with Gasteiger partial charge in [0, 0.05) is 0 Å². The summed E-state index contributed by atoms with van der Waals surface area (Å²) in [5.74, 6) is -0.254. The molecule has 0 rings (SSSR count). The van der Waals surface area contributed by atoms with Gasteiger partial charge in [0.2, 0.25) is 0 Å². The zero-order valence-corrected chi connectivity index (χ0v) is 7.09. The summed E-state index contributed by atoms with van der Waals surface area (Å²) >= 11 is 5.17. The number of hydrogen-bond acceptors (Lipinski definition) is 5. The molecule has 0 aromatic carbocycles. The summed E-state index contributed by atoms with van der Waals surface area (Å²) in [4.78, 5) is 0. The highest BCUT2D eigenvalue weighted by Crippen LogP contribution is 2.05. The Bertz CT molecular complexity index is 109. The van der Waals surface area contributed by atoms with Gasteiger partial charge in [0.15, 0.2) is 0 Å². The molecule has 6 heteroatoms. The summed E-state index contributed by atoms with van der Waals surface area (Å²) in [7, 11) is 0. The molecule has 0 unspecified atom stereocenters. The van der Waals surface area contributed by atoms with Crippen molar-refractivity contribution < 1.29 is 25.5 Å². The van der Waals surface area contributed by atoms with E-state index in [4.69, 9.17) is 37.1 Å². The Morgan fingerprint density at radius 1 is 0.917 bits per heavy atom. The lowest BCUT2D eigenvalue weighted by Crippen LogP contribution is -2.46. The van der Waals surface area contributed by atoms with E-state index < -0.39 is 31.0 Å². The summed E-state index contributed by atoms with van der Waals surface area (Å²) < 4.78 is 0. The normalized spacial score (nSPS) is 21.5. The van der Waals surface area contributed by atoms with E-state index in [9.17, 15) is 0 Å². The van der Waals surface area contributed by atoms with Crippen molar-refractivity contribution in [1.82, 2.24) is 0 Å². The lowest BCUT2D eigenvalue weighted by atomic mass is 10.0. The van der Waals surface area contributed by atoms with E-state index in [0.717, 1.165) is 0 Å². The Labute approximate surface area is 74.8 Å². The molecular formula is C6H13ClO5. The van der Waals surface area contributed by atoms with Crippen LogP contribution in [0.5, 0.6) is 0 Å². The van der Waals surface area contributed by atoms with Gasteiger partial charge in [0.05, 0.1) is 18.6 Å². The maximum atomic E-state index is 9.03. The largest absolute Gasteiger partial charge is 0.394 e. The van der Waals surface area contributed by atoms with Gasteiger partial charge in [-0.05, 0) is 0 Å². The lowest BCUT2D eigenvalue weighted by molar-refractivity contribution is -0.110. The van der Waals surface area contributed by atoms with E-state index in [2.05, 4.69) is 0 Å². The van der Waals surface area contributed by atoms with Crippen LogP contribution in [0, 0.1) is 0 Å². The molecule has 0 fully saturated rings. The average Bonchev–Trinajstić information content (AvgIpc) is 2.12. The molecule has 0 radical (unpaired) electrons. The fourth-order valence-electron chi connectivity index (χ4n) is 0.654. The smallest absolute Gasteiger partial charge is 0.111 e. The topological polar surface area (TPSA) is 101 Å². The second-order valence-corrected chi connectivity index (χ2v) is 2.76. The van der Waals surface area contributed by atoms with Crippen LogP contribution in [-0.2, 0) is 0 Å². The first kappa shape index (κ1) is 12.1. The molecule has 12 heavy (non-hydrogen) atoms. The third-order valence-electron chi connectivity index (χ3n) is 1.48. The first-order chi connectivity index (χ1) is 5.54. The van der Waals surface area contributed by atoms with Gasteiger partial charge in [-0.2, -0.15) is 0 Å². The molecular weight excluding hydrogens is 188 g/mol. The Morgan fingerprint density at radius 3 is 1.67 bits per heavy atom. The van der Waals surface area contributed by atoms with E-state index in [1.165, 1.54) is 0 Å². The van der Waals surface area contributed by atoms with Gasteiger partial charge in [-0.15, -0.1) is 11.6 Å². The van der Waals surface area contributed by atoms with Crippen LogP contribution in [0.15, 0.2) is 0 Å². The summed E-state index contributed by atoms with van der Waals surface area (Å²) in [5, 5.41) is 44.1. The zero-order chi connectivity index (χ0) is 9.72. The molecule has 74 valence electrons. The van der Waals surface area contributed by atoms with E-state index in [1.54, 1.807) is 0 Å². The van der Waals surface area contributed by atoms with Gasteiger partial charge in [0.25, 0.3) is 0 Å². The first-order valence-corrected chi connectivity index (χ1v) is 3.97. The fourth-order valence-corrected chi connectivity index (χ4v) is 0.837. The number of halogens is 1. The molecule has 0 aliphatic rings. The molecule has 0 aliphatic carbocycles. The minimum absolute atomic E-state index is 0.254. The Hall–Kier alpha value is 0.0900. The highest BCUT2D eigenvalue weighted by atomic mass is 35.5. The second kappa shape index (κ2) is 5.69. The van der Waals surface area contributed by atoms with E-state index in [-0.39, 0.29) is 5.88 Å². The quantitative estimate of drug-likeness (QED) is 0.320. The molecule has 0 spiro atoms. The summed E-state index contributed by atoms with van der Waals surface area (Å²) in [6.45, 7) is -0.687. The van der Waals surface area contributed by atoms with Gasteiger partial charge in [-0.25, -0.2) is 0 Å². The van der Waals surface area contributed by atoms with Gasteiger partial charge >= 0.3 is 0 Å². The first-order valence-electron chi connectivity index (χ1n) is 3.43. The molecule has 4 atom stereocenters. The predicted octanol–water partition coefficient (Wildman–Crippen LogP) is -2.34. The minimum atomic E-state index is -1.59. The van der Waals surface area contributed by atoms with Crippen LogP contribution in [-0.4, -0.2) is 62.4 Å². The predicted molar refractivity (Wildman–Crippen MR) is 41.8 cm³/mol. The van der Waals surface area contributed by atoms with Gasteiger partial charge in [0.1, 0.15) is 18.3 Å². The monoisotopic (exact) mass is 200 g/mol. The van der Waals surface area contributed by atoms with Crippen molar-refractivity contribution in [3.8, 4) is 0 Å². The van der Waals surface area contributed by atoms with Crippen LogP contribution < -0.4 is 0 Å². The van der Waals surface area contributed by atoms with E-state index in [0.29, 0.717) is 0 Å². The third kappa shape index (κ3) is 3.22. The highest BCUT2D eigenvalue weighted by Gasteiger charge is 2.29. The molecule has 5 nitrogen and oxygen atoms in total. The Balaban J connectivity index is 3.99. The van der Waals surface area contributed by atoms with Gasteiger partial charge < -0.3 is 25.5 Å². The van der Waals surface area contributed by atoms with Gasteiger partial charge in [-0.1, -0.05) is 0 Å². The van der Waals surface area contributed by atoms with Crippen LogP contribution in [0.2, 0.25) is 0 Å². The average molecular weight is 201 g/mol. The Morgan fingerprint density at radius 2 is 1.33 bits per heavy atom. The van der Waals surface area contributed by atoms with Crippen molar-refractivity contribution in [2.24, 2.45) is 0 Å². The number of hydrogen-bond donors (Lipinski definition) is 5. The zero-order valence-electron chi connectivity index (χ0n) is 6.34. The third-order valence-corrected chi connectivity index (χ3v) is 1.80. The van der Waals surface area contributed by atoms with Crippen molar-refractivity contribution in [2.45, 2.75) is 24.4 Å². The lowest BCUT2D eigenvalue weighted by Gasteiger charge is -2.24. The van der Waals surface area contributed by atoms with Crippen molar-refractivity contribution in [2.75, 3.05) is 12.5 Å². The number of aliphatic hydroxyl groups is 5. The molecule has 0 saturated carbocycles. The fraction of sp³-hybridized carbons (Fsp3) is 1.00. The standard InChI is InChI=1S/C6H13ClO5/c7-1-3(9)5(11)6(12)4(10)2-8/h3-6,8-12H,1-2H2/t3-,4+,5-,6-/m1/s1. The van der Waals surface area contributed by atoms with Crippen molar-refractivity contribution in [1.29, 1.82) is 0 Å². The molecule has 0 heterocycles. The van der Waals surface area contributed by atoms with Crippen LogP contribution >= 0.6 is 11.6 Å². The van der Waals surface area contributed by atoms with Crippen molar-refractivity contribution in [3.63, 3.8) is 0 Å². The minimum Gasteiger partial charge on any atom is -0.394 e. The van der Waals surface area contributed by atoms with Crippen LogP contribution in [0.1, 0.15) is 0 Å². The number of rotatable bonds is 5. The molecule has 0 saturated heterocycles. The van der Waals surface area contributed by atoms with E-state index in [1.807, 2.05) is 0 Å². The molecule has 0 aliphatic heterocycles. The number of aliphatic hydroxyl groups excluding tert-OH is 5. The Kier molecular flexibility index (Phi) is 5.73. The molecule has 5 N–H and O–H groups in total.